The number of aromatic nitrogens is 18. The number of nitrogens with zero attached hydrogens (tertiary/aromatic N) is 18. The molecule has 24 nitrogen and oxygen atoms in total. The van der Waals surface area contributed by atoms with E-state index < -0.39 is 0 Å². The van der Waals surface area contributed by atoms with Crippen LogP contribution in [-0.4, -0.2) is 128 Å². The van der Waals surface area contributed by atoms with Crippen LogP contribution in [0.2, 0.25) is 0 Å². The standard InChI is InChI=1S/3C12H12N2O2.6C12H12N2.3Co/c1-15-9-3-5-13-11(7-9)12-8-10(16-2)4-6-14-12;2*1-16-10-3-5-14-12(7-10)11-6-9(8-15)2-4-13-11;6*1-9-3-5-13-11(7-9)12-8-10(2)4-6-14-12;;;/h3-8H,1-2H3;2*2-7,15H,8H2,1H3;6*3-8H,1-2H3;;;. The maximum absolute atomic E-state index is 9.04. The summed E-state index contributed by atoms with van der Waals surface area (Å²) >= 11 is 0. The fraction of sp³-hybridized carbons (Fsp3) is 0.167. The molecule has 18 heterocycles. The van der Waals surface area contributed by atoms with Gasteiger partial charge in [-0.15, -0.1) is 0 Å². The van der Waals surface area contributed by atoms with Crippen LogP contribution in [0.15, 0.2) is 330 Å². The van der Waals surface area contributed by atoms with E-state index in [1.165, 1.54) is 66.8 Å². The molecule has 0 aromatic carbocycles. The topological polar surface area (TPSA) is 309 Å². The smallest absolute Gasteiger partial charge is 0.122 e. The molecule has 0 amide bonds. The Hall–Kier alpha value is -14.7. The monoisotopic (exact) mass is 1930 g/mol. The summed E-state index contributed by atoms with van der Waals surface area (Å²) in [5.74, 6) is 2.99. The minimum atomic E-state index is -0.000507. The molecule has 0 bridgehead atoms. The molecule has 0 aliphatic heterocycles. The second-order valence-electron chi connectivity index (χ2n) is 30.4. The van der Waals surface area contributed by atoms with Crippen molar-refractivity contribution in [3.05, 3.63) is 408 Å². The number of aliphatic hydroxyl groups is 2. The average molecular weight is 1930 g/mol. The van der Waals surface area contributed by atoms with Crippen molar-refractivity contribution in [2.24, 2.45) is 0 Å². The number of ether oxygens (including phenoxy) is 4. The van der Waals surface area contributed by atoms with Gasteiger partial charge in [-0.05, 0) is 355 Å². The zero-order chi connectivity index (χ0) is 93.9. The predicted molar refractivity (Wildman–Crippen MR) is 522 cm³/mol. The first kappa shape index (κ1) is 107. The van der Waals surface area contributed by atoms with E-state index in [4.69, 9.17) is 29.2 Å². The second kappa shape index (κ2) is 56.9. The van der Waals surface area contributed by atoms with E-state index in [9.17, 15) is 0 Å². The van der Waals surface area contributed by atoms with Crippen molar-refractivity contribution < 1.29 is 79.5 Å². The molecule has 0 aliphatic rings. The predicted octanol–water partition coefficient (Wildman–Crippen LogP) is 22.0. The molecular weight excluding hydrogens is 1820 g/mol. The largest absolute Gasteiger partial charge is 0.497 e. The van der Waals surface area contributed by atoms with E-state index in [2.05, 4.69) is 173 Å². The van der Waals surface area contributed by atoms with Crippen molar-refractivity contribution in [1.29, 1.82) is 0 Å². The molecule has 0 saturated heterocycles. The molecule has 0 saturated carbocycles. The molecule has 0 atom stereocenters. The second-order valence-corrected chi connectivity index (χ2v) is 30.4. The number of rotatable bonds is 15. The normalized spacial score (nSPS) is 9.88. The maximum Gasteiger partial charge on any atom is 0.122 e. The molecule has 0 fully saturated rings. The summed E-state index contributed by atoms with van der Waals surface area (Å²) in [5, 5.41) is 18.1. The van der Waals surface area contributed by atoms with Crippen molar-refractivity contribution >= 4 is 0 Å². The summed E-state index contributed by atoms with van der Waals surface area (Å²) in [6.45, 7) is 24.7. The molecule has 2 N–H and O–H groups in total. The van der Waals surface area contributed by atoms with Gasteiger partial charge in [-0.2, -0.15) is 0 Å². The summed E-state index contributed by atoms with van der Waals surface area (Å²) in [4.78, 5) is 76.8. The molecule has 693 valence electrons. The third-order valence-electron chi connectivity index (χ3n) is 19.2. The first-order valence-electron chi connectivity index (χ1n) is 42.3. The summed E-state index contributed by atoms with van der Waals surface area (Å²) in [7, 11) is 6.46. The number of hydrogen-bond acceptors (Lipinski definition) is 24. The fourth-order valence-electron chi connectivity index (χ4n) is 12.3. The summed E-state index contributed by atoms with van der Waals surface area (Å²) in [6.07, 6.45) is 31.8. The minimum absolute atomic E-state index is 0. The summed E-state index contributed by atoms with van der Waals surface area (Å²) in [5.41, 5.74) is 31.8. The summed E-state index contributed by atoms with van der Waals surface area (Å²) < 4.78 is 20.5. The molecule has 0 unspecified atom stereocenters. The Kier molecular flexibility index (Phi) is 45.3. The van der Waals surface area contributed by atoms with Gasteiger partial charge < -0.3 is 29.2 Å². The number of aryl methyl sites for hydroxylation is 12. The van der Waals surface area contributed by atoms with E-state index in [0.717, 1.165) is 137 Å². The Bertz CT molecular complexity index is 5420. The number of methoxy groups -OCH3 is 4. The van der Waals surface area contributed by atoms with Gasteiger partial charge in [-0.3, -0.25) is 89.7 Å². The Morgan fingerprint density at radius 1 is 0.156 bits per heavy atom. The van der Waals surface area contributed by atoms with Gasteiger partial charge in [0.1, 0.15) is 23.0 Å². The van der Waals surface area contributed by atoms with Crippen LogP contribution in [0, 0.1) is 83.1 Å². The van der Waals surface area contributed by atoms with Crippen molar-refractivity contribution in [2.75, 3.05) is 28.4 Å². The van der Waals surface area contributed by atoms with Gasteiger partial charge in [0, 0.05) is 186 Å². The molecule has 3 radical (unpaired) electrons. The number of aliphatic hydroxyl groups excluding tert-OH is 2. The third kappa shape index (κ3) is 36.1. The van der Waals surface area contributed by atoms with Gasteiger partial charge in [-0.1, -0.05) is 0 Å². The van der Waals surface area contributed by atoms with Gasteiger partial charge in [-0.25, -0.2) is 0 Å². The van der Waals surface area contributed by atoms with Crippen LogP contribution in [0.4, 0.5) is 0 Å². The zero-order valence-corrected chi connectivity index (χ0v) is 81.3. The SMILES string of the molecule is COc1ccnc(-c2cc(CO)ccn2)c1.COc1ccnc(-c2cc(CO)ccn2)c1.COc1ccnc(-c2cc(OC)ccn2)c1.Cc1ccnc(-c2cc(C)ccn2)c1.Cc1ccnc(-c2cc(C)ccn2)c1.Cc1ccnc(-c2cc(C)ccn2)c1.Cc1ccnc(-c2cc(C)ccn2)c1.Cc1ccnc(-c2cc(C)ccn2)c1.Cc1ccnc(-c2cc(C)ccn2)c1.[Co].[Co].[Co]. The van der Waals surface area contributed by atoms with Crippen molar-refractivity contribution in [2.45, 2.75) is 96.3 Å². The van der Waals surface area contributed by atoms with Crippen LogP contribution in [0.5, 0.6) is 23.0 Å². The van der Waals surface area contributed by atoms with Crippen molar-refractivity contribution in [1.82, 2.24) is 89.7 Å². The average Bonchev–Trinajstić information content (AvgIpc) is 0.845. The van der Waals surface area contributed by atoms with Crippen LogP contribution in [0.25, 0.3) is 102 Å². The molecule has 27 heteroatoms. The van der Waals surface area contributed by atoms with E-state index in [0.29, 0.717) is 0 Å². The van der Waals surface area contributed by atoms with Crippen LogP contribution >= 0.6 is 0 Å². The van der Waals surface area contributed by atoms with Crippen LogP contribution in [0.3, 0.4) is 0 Å². The van der Waals surface area contributed by atoms with Gasteiger partial charge in [0.15, 0.2) is 0 Å². The molecule has 0 spiro atoms. The molecule has 0 aliphatic carbocycles. The van der Waals surface area contributed by atoms with Crippen LogP contribution in [-0.2, 0) is 63.6 Å². The minimum Gasteiger partial charge on any atom is -0.497 e. The van der Waals surface area contributed by atoms with Crippen LogP contribution in [0.1, 0.15) is 77.9 Å². The first-order valence-corrected chi connectivity index (χ1v) is 42.3. The van der Waals surface area contributed by atoms with Gasteiger partial charge in [0.05, 0.1) is 144 Å². The fourth-order valence-corrected chi connectivity index (χ4v) is 12.3. The Balaban J connectivity index is 0.000000207. The van der Waals surface area contributed by atoms with E-state index >= 15 is 0 Å². The van der Waals surface area contributed by atoms with Gasteiger partial charge in [0.25, 0.3) is 0 Å². The van der Waals surface area contributed by atoms with E-state index in [1.54, 1.807) is 102 Å². The van der Waals surface area contributed by atoms with Crippen LogP contribution < -0.4 is 18.9 Å². The van der Waals surface area contributed by atoms with E-state index in [1.807, 2.05) is 256 Å². The quantitative estimate of drug-likeness (QED) is 0.0963. The zero-order valence-electron chi connectivity index (χ0n) is 78.2. The molecule has 18 rings (SSSR count). The Morgan fingerprint density at radius 3 is 0.370 bits per heavy atom. The van der Waals surface area contributed by atoms with E-state index in [-0.39, 0.29) is 63.6 Å². The number of hydrogen-bond donors (Lipinski definition) is 2. The Labute approximate surface area is 821 Å². The molecule has 18 aromatic rings. The molecule has 18 aromatic heterocycles. The maximum atomic E-state index is 9.04. The van der Waals surface area contributed by atoms with Crippen molar-refractivity contribution in [3.8, 4) is 125 Å². The van der Waals surface area contributed by atoms with Crippen molar-refractivity contribution in [3.63, 3.8) is 0 Å². The third-order valence-corrected chi connectivity index (χ3v) is 19.2. The van der Waals surface area contributed by atoms with Gasteiger partial charge in [0.2, 0.25) is 0 Å². The Morgan fingerprint density at radius 2 is 0.259 bits per heavy atom. The van der Waals surface area contributed by atoms with Gasteiger partial charge >= 0.3 is 0 Å². The summed E-state index contributed by atoms with van der Waals surface area (Å²) in [6, 6.07) is 69.9. The molecular formula is C108H108Co3N18O6. The first-order chi connectivity index (χ1) is 64.0. The number of pyridine rings is 18. The molecule has 135 heavy (non-hydrogen) atoms.